The molecule has 4 heterocycles. The predicted octanol–water partition coefficient (Wildman–Crippen LogP) is 3.07. The lowest BCUT2D eigenvalue weighted by Gasteiger charge is -2.40. The van der Waals surface area contributed by atoms with Crippen molar-refractivity contribution < 1.29 is 9.53 Å². The number of imidazole rings is 1. The van der Waals surface area contributed by atoms with Gasteiger partial charge in [-0.1, -0.05) is 20.8 Å². The Kier molecular flexibility index (Phi) is 6.53. The molecule has 3 aromatic heterocycles. The van der Waals surface area contributed by atoms with Crippen LogP contribution in [0.4, 0.5) is 5.82 Å². The number of hydrogen-bond donors (Lipinski definition) is 1. The first-order valence-electron chi connectivity index (χ1n) is 11.8. The number of nitrogens with one attached hydrogen (secondary N) is 1. The van der Waals surface area contributed by atoms with E-state index in [9.17, 15) is 4.79 Å². The van der Waals surface area contributed by atoms with Gasteiger partial charge in [-0.05, 0) is 33.1 Å². The van der Waals surface area contributed by atoms with Crippen molar-refractivity contribution in [2.24, 2.45) is 5.41 Å². The molecule has 1 amide bonds. The molecular formula is C24H34N8O2. The molecule has 1 aliphatic heterocycles. The largest absolute Gasteiger partial charge is 0.372 e. The average Bonchev–Trinajstić information content (AvgIpc) is 3.15. The SMILES string of the molecule is CCn1c(-c2cnc(C)nc2)nc2c(N[C@@H](C(=O)N3CC(C)OC(C)C3)C(C)(C)C)ncnc21. The van der Waals surface area contributed by atoms with E-state index in [0.29, 0.717) is 42.4 Å². The van der Waals surface area contributed by atoms with Crippen molar-refractivity contribution in [2.45, 2.75) is 73.3 Å². The molecule has 0 aromatic carbocycles. The van der Waals surface area contributed by atoms with Gasteiger partial charge in [0, 0.05) is 32.0 Å². The highest BCUT2D eigenvalue weighted by Crippen LogP contribution is 2.30. The van der Waals surface area contributed by atoms with Gasteiger partial charge in [-0.3, -0.25) is 4.79 Å². The Morgan fingerprint density at radius 1 is 1.15 bits per heavy atom. The summed E-state index contributed by atoms with van der Waals surface area (Å²) in [6, 6.07) is -0.499. The molecule has 0 radical (unpaired) electrons. The molecule has 10 heteroatoms. The smallest absolute Gasteiger partial charge is 0.245 e. The van der Waals surface area contributed by atoms with Crippen molar-refractivity contribution in [1.29, 1.82) is 0 Å². The summed E-state index contributed by atoms with van der Waals surface area (Å²) >= 11 is 0. The molecule has 1 fully saturated rings. The Labute approximate surface area is 200 Å². The van der Waals surface area contributed by atoms with E-state index >= 15 is 0 Å². The van der Waals surface area contributed by atoms with Crippen LogP contribution in [0.3, 0.4) is 0 Å². The Morgan fingerprint density at radius 3 is 2.38 bits per heavy atom. The minimum absolute atomic E-state index is 0.00128. The maximum atomic E-state index is 13.7. The Morgan fingerprint density at radius 2 is 1.79 bits per heavy atom. The van der Waals surface area contributed by atoms with Crippen molar-refractivity contribution in [3.05, 3.63) is 24.5 Å². The van der Waals surface area contributed by atoms with Crippen LogP contribution < -0.4 is 5.32 Å². The topological polar surface area (TPSA) is 111 Å². The van der Waals surface area contributed by atoms with Gasteiger partial charge in [-0.25, -0.2) is 24.9 Å². The minimum atomic E-state index is -0.499. The zero-order chi connectivity index (χ0) is 24.6. The third-order valence-corrected chi connectivity index (χ3v) is 6.01. The number of anilines is 1. The molecule has 4 rings (SSSR count). The molecule has 3 aromatic rings. The number of carbonyl (C=O) groups excluding carboxylic acids is 1. The van der Waals surface area contributed by atoms with E-state index in [1.807, 2.05) is 57.9 Å². The van der Waals surface area contributed by atoms with Gasteiger partial charge in [0.1, 0.15) is 24.0 Å². The molecule has 34 heavy (non-hydrogen) atoms. The molecule has 2 unspecified atom stereocenters. The molecule has 1 saturated heterocycles. The zero-order valence-electron chi connectivity index (χ0n) is 21.0. The van der Waals surface area contributed by atoms with Gasteiger partial charge < -0.3 is 19.5 Å². The Bertz CT molecular complexity index is 1160. The quantitative estimate of drug-likeness (QED) is 0.611. The maximum Gasteiger partial charge on any atom is 0.245 e. The van der Waals surface area contributed by atoms with E-state index < -0.39 is 6.04 Å². The summed E-state index contributed by atoms with van der Waals surface area (Å²) in [6.07, 6.45) is 5.03. The van der Waals surface area contributed by atoms with Crippen LogP contribution in [0.2, 0.25) is 0 Å². The number of amides is 1. The van der Waals surface area contributed by atoms with E-state index in [1.165, 1.54) is 6.33 Å². The van der Waals surface area contributed by atoms with Gasteiger partial charge in [-0.2, -0.15) is 0 Å². The van der Waals surface area contributed by atoms with Gasteiger partial charge in [0.2, 0.25) is 5.91 Å². The van der Waals surface area contributed by atoms with Crippen LogP contribution in [0.1, 0.15) is 47.4 Å². The van der Waals surface area contributed by atoms with Gasteiger partial charge in [-0.15, -0.1) is 0 Å². The molecule has 0 spiro atoms. The standard InChI is InChI=1S/C24H34N8O2/c1-8-32-21(17-9-25-16(4)26-10-17)29-18-20(27-13-28-22(18)32)30-19(24(5,6)7)23(33)31-11-14(2)34-15(3)12-31/h9-10,13-15,19H,8,11-12H2,1-7H3,(H,27,28,30)/t14?,15?,19-/m0/s1. The molecule has 0 saturated carbocycles. The Balaban J connectivity index is 1.73. The number of nitrogens with zero attached hydrogens (tertiary/aromatic N) is 7. The summed E-state index contributed by atoms with van der Waals surface area (Å²) in [4.78, 5) is 38.1. The predicted molar refractivity (Wildman–Crippen MR) is 130 cm³/mol. The summed E-state index contributed by atoms with van der Waals surface area (Å²) in [6.45, 7) is 15.8. The molecule has 0 aliphatic carbocycles. The fourth-order valence-corrected chi connectivity index (χ4v) is 4.40. The van der Waals surface area contributed by atoms with Crippen LogP contribution in [-0.4, -0.2) is 71.6 Å². The van der Waals surface area contributed by atoms with Gasteiger partial charge in [0.25, 0.3) is 0 Å². The van der Waals surface area contributed by atoms with Crippen LogP contribution in [-0.2, 0) is 16.1 Å². The third kappa shape index (κ3) is 4.72. The van der Waals surface area contributed by atoms with E-state index in [-0.39, 0.29) is 23.5 Å². The lowest BCUT2D eigenvalue weighted by molar-refractivity contribution is -0.146. The monoisotopic (exact) mass is 466 g/mol. The summed E-state index contributed by atoms with van der Waals surface area (Å²) in [5.74, 6) is 1.98. The lowest BCUT2D eigenvalue weighted by Crippen LogP contribution is -2.55. The molecule has 0 bridgehead atoms. The third-order valence-electron chi connectivity index (χ3n) is 6.01. The van der Waals surface area contributed by atoms with Gasteiger partial charge in [0.05, 0.1) is 17.8 Å². The van der Waals surface area contributed by atoms with Crippen molar-refractivity contribution in [1.82, 2.24) is 34.4 Å². The number of hydrogen-bond acceptors (Lipinski definition) is 8. The van der Waals surface area contributed by atoms with E-state index in [1.54, 1.807) is 12.4 Å². The first-order valence-corrected chi connectivity index (χ1v) is 11.8. The van der Waals surface area contributed by atoms with E-state index in [2.05, 4.69) is 25.3 Å². The number of aryl methyl sites for hydroxylation is 2. The summed E-state index contributed by atoms with van der Waals surface area (Å²) in [7, 11) is 0. The van der Waals surface area contributed by atoms with Crippen LogP contribution in [0.15, 0.2) is 18.7 Å². The first kappa shape index (κ1) is 24.0. The molecule has 10 nitrogen and oxygen atoms in total. The maximum absolute atomic E-state index is 13.7. The Hall–Kier alpha value is -3.14. The second-order valence-electron chi connectivity index (χ2n) is 10.0. The molecule has 1 aliphatic rings. The highest BCUT2D eigenvalue weighted by Gasteiger charge is 2.38. The zero-order valence-corrected chi connectivity index (χ0v) is 21.0. The van der Waals surface area contributed by atoms with Crippen LogP contribution in [0, 0.1) is 12.3 Å². The number of fused-ring (bicyclic) bond motifs is 1. The van der Waals surface area contributed by atoms with Crippen molar-refractivity contribution in [2.75, 3.05) is 18.4 Å². The molecule has 3 atom stereocenters. The van der Waals surface area contributed by atoms with Crippen molar-refractivity contribution in [3.8, 4) is 11.4 Å². The van der Waals surface area contributed by atoms with Crippen molar-refractivity contribution >= 4 is 22.9 Å². The minimum Gasteiger partial charge on any atom is -0.372 e. The molecule has 1 N–H and O–H groups in total. The second-order valence-corrected chi connectivity index (χ2v) is 10.0. The summed E-state index contributed by atoms with van der Waals surface area (Å²) in [5, 5.41) is 3.42. The first-order chi connectivity index (χ1) is 16.1. The number of carbonyl (C=O) groups is 1. The fraction of sp³-hybridized carbons (Fsp3) is 0.583. The van der Waals surface area contributed by atoms with E-state index in [0.717, 1.165) is 11.4 Å². The molecular weight excluding hydrogens is 432 g/mol. The van der Waals surface area contributed by atoms with Gasteiger partial charge >= 0.3 is 0 Å². The average molecular weight is 467 g/mol. The van der Waals surface area contributed by atoms with Crippen LogP contribution >= 0.6 is 0 Å². The normalized spacial score (nSPS) is 19.9. The summed E-state index contributed by atoms with van der Waals surface area (Å²) in [5.41, 5.74) is 1.76. The number of ether oxygens (including phenoxy) is 1. The number of rotatable bonds is 5. The van der Waals surface area contributed by atoms with Crippen LogP contribution in [0.25, 0.3) is 22.6 Å². The summed E-state index contributed by atoms with van der Waals surface area (Å²) < 4.78 is 7.84. The van der Waals surface area contributed by atoms with E-state index in [4.69, 9.17) is 9.72 Å². The molecule has 182 valence electrons. The fourth-order valence-electron chi connectivity index (χ4n) is 4.40. The van der Waals surface area contributed by atoms with Gasteiger partial charge in [0.15, 0.2) is 17.0 Å². The number of morpholine rings is 1. The van der Waals surface area contributed by atoms with Crippen LogP contribution in [0.5, 0.6) is 0 Å². The lowest BCUT2D eigenvalue weighted by atomic mass is 9.85. The highest BCUT2D eigenvalue weighted by atomic mass is 16.5. The number of aromatic nitrogens is 6. The second kappa shape index (κ2) is 9.25. The highest BCUT2D eigenvalue weighted by molar-refractivity contribution is 5.91. The van der Waals surface area contributed by atoms with Crippen molar-refractivity contribution in [3.63, 3.8) is 0 Å².